The molecule has 0 saturated carbocycles. The van der Waals surface area contributed by atoms with Crippen LogP contribution < -0.4 is 11.3 Å². The van der Waals surface area contributed by atoms with Crippen LogP contribution in [0.5, 0.6) is 0 Å². The Kier molecular flexibility index (Phi) is 5.50. The van der Waals surface area contributed by atoms with Crippen molar-refractivity contribution in [1.29, 1.82) is 0 Å². The normalized spacial score (nSPS) is 21.8. The van der Waals surface area contributed by atoms with Crippen LogP contribution in [0.2, 0.25) is 0 Å². The summed E-state index contributed by atoms with van der Waals surface area (Å²) in [7, 11) is 0. The fraction of sp³-hybridized carbons (Fsp3) is 0.571. The summed E-state index contributed by atoms with van der Waals surface area (Å²) in [5.41, 5.74) is 4.21. The van der Waals surface area contributed by atoms with E-state index in [1.807, 2.05) is 11.8 Å². The first-order valence-corrected chi connectivity index (χ1v) is 7.60. The van der Waals surface area contributed by atoms with Crippen molar-refractivity contribution in [2.75, 3.05) is 19.0 Å². The number of hydrazine groups is 1. The topological polar surface area (TPSA) is 47.3 Å². The highest BCUT2D eigenvalue weighted by Crippen LogP contribution is 2.29. The minimum Gasteiger partial charge on any atom is -0.381 e. The van der Waals surface area contributed by atoms with E-state index in [-0.39, 0.29) is 6.04 Å². The number of benzene rings is 1. The standard InChI is InChI=1S/C14H22N2OS/c1-2-18-13-7-5-11(6-8-13)14(16-15)12-4-3-9-17-10-12/h5-8,12,14,16H,2-4,9-10,15H2,1H3. The van der Waals surface area contributed by atoms with Crippen molar-refractivity contribution in [2.45, 2.75) is 30.7 Å². The molecule has 3 nitrogen and oxygen atoms in total. The number of thioether (sulfide) groups is 1. The Balaban J connectivity index is 2.06. The van der Waals surface area contributed by atoms with Crippen molar-refractivity contribution in [3.63, 3.8) is 0 Å². The fourth-order valence-corrected chi connectivity index (χ4v) is 3.13. The smallest absolute Gasteiger partial charge is 0.0513 e. The molecule has 3 N–H and O–H groups in total. The summed E-state index contributed by atoms with van der Waals surface area (Å²) in [6, 6.07) is 8.91. The Morgan fingerprint density at radius 3 is 2.78 bits per heavy atom. The second kappa shape index (κ2) is 7.14. The van der Waals surface area contributed by atoms with Crippen LogP contribution in [-0.2, 0) is 4.74 Å². The number of hydrogen-bond acceptors (Lipinski definition) is 4. The van der Waals surface area contributed by atoms with Crippen molar-refractivity contribution < 1.29 is 4.74 Å². The molecule has 0 aromatic heterocycles. The molecule has 100 valence electrons. The molecule has 0 spiro atoms. The number of ether oxygens (including phenoxy) is 1. The molecule has 1 aliphatic heterocycles. The summed E-state index contributed by atoms with van der Waals surface area (Å²) in [4.78, 5) is 1.32. The maximum absolute atomic E-state index is 5.72. The number of nitrogens with two attached hydrogens (primary N) is 1. The summed E-state index contributed by atoms with van der Waals surface area (Å²) < 4.78 is 5.55. The molecular weight excluding hydrogens is 244 g/mol. The molecule has 2 rings (SSSR count). The van der Waals surface area contributed by atoms with Crippen molar-refractivity contribution in [1.82, 2.24) is 5.43 Å². The zero-order chi connectivity index (χ0) is 12.8. The molecule has 0 bridgehead atoms. The average molecular weight is 266 g/mol. The third-order valence-electron chi connectivity index (χ3n) is 3.40. The molecule has 1 heterocycles. The Morgan fingerprint density at radius 2 is 2.22 bits per heavy atom. The average Bonchev–Trinajstić information content (AvgIpc) is 2.43. The Morgan fingerprint density at radius 1 is 1.44 bits per heavy atom. The highest BCUT2D eigenvalue weighted by Gasteiger charge is 2.24. The summed E-state index contributed by atoms with van der Waals surface area (Å²) in [6.45, 7) is 3.86. The van der Waals surface area contributed by atoms with Crippen LogP contribution in [0.3, 0.4) is 0 Å². The van der Waals surface area contributed by atoms with Crippen LogP contribution in [0, 0.1) is 5.92 Å². The summed E-state index contributed by atoms with van der Waals surface area (Å²) >= 11 is 1.86. The lowest BCUT2D eigenvalue weighted by Gasteiger charge is -2.30. The second-order valence-electron chi connectivity index (χ2n) is 4.62. The summed E-state index contributed by atoms with van der Waals surface area (Å²) in [6.07, 6.45) is 2.31. The maximum Gasteiger partial charge on any atom is 0.0513 e. The molecule has 0 amide bonds. The Bertz CT molecular complexity index is 349. The van der Waals surface area contributed by atoms with Crippen molar-refractivity contribution in [3.8, 4) is 0 Å². The molecular formula is C14H22N2OS. The third kappa shape index (κ3) is 3.48. The van der Waals surface area contributed by atoms with E-state index >= 15 is 0 Å². The first-order chi connectivity index (χ1) is 8.85. The van der Waals surface area contributed by atoms with Crippen LogP contribution in [0.4, 0.5) is 0 Å². The first-order valence-electron chi connectivity index (χ1n) is 6.61. The van der Waals surface area contributed by atoms with Gasteiger partial charge < -0.3 is 4.74 Å². The summed E-state index contributed by atoms with van der Waals surface area (Å²) in [5, 5.41) is 0. The predicted octanol–water partition coefficient (Wildman–Crippen LogP) is 2.73. The largest absolute Gasteiger partial charge is 0.381 e. The molecule has 1 saturated heterocycles. The van der Waals surface area contributed by atoms with Crippen molar-refractivity contribution in [2.24, 2.45) is 11.8 Å². The van der Waals surface area contributed by atoms with Gasteiger partial charge in [0.05, 0.1) is 12.6 Å². The van der Waals surface area contributed by atoms with E-state index in [2.05, 4.69) is 36.6 Å². The van der Waals surface area contributed by atoms with Gasteiger partial charge in [0.1, 0.15) is 0 Å². The highest BCUT2D eigenvalue weighted by atomic mass is 32.2. The van der Waals surface area contributed by atoms with Crippen molar-refractivity contribution >= 4 is 11.8 Å². The van der Waals surface area contributed by atoms with Gasteiger partial charge in [-0.3, -0.25) is 11.3 Å². The lowest BCUT2D eigenvalue weighted by atomic mass is 9.89. The van der Waals surface area contributed by atoms with Gasteiger partial charge >= 0.3 is 0 Å². The van der Waals surface area contributed by atoms with E-state index in [0.717, 1.165) is 25.4 Å². The minimum absolute atomic E-state index is 0.200. The first kappa shape index (κ1) is 13.9. The van der Waals surface area contributed by atoms with Gasteiger partial charge in [0.2, 0.25) is 0 Å². The highest BCUT2D eigenvalue weighted by molar-refractivity contribution is 7.99. The van der Waals surface area contributed by atoms with Gasteiger partial charge in [-0.15, -0.1) is 11.8 Å². The van der Waals surface area contributed by atoms with Crippen LogP contribution in [-0.4, -0.2) is 19.0 Å². The maximum atomic E-state index is 5.72. The molecule has 2 atom stereocenters. The quantitative estimate of drug-likeness (QED) is 0.489. The van der Waals surface area contributed by atoms with Gasteiger partial charge in [0.25, 0.3) is 0 Å². The molecule has 1 aliphatic rings. The van der Waals surface area contributed by atoms with Gasteiger partial charge in [-0.1, -0.05) is 19.1 Å². The number of rotatable bonds is 5. The lowest BCUT2D eigenvalue weighted by molar-refractivity contribution is 0.0390. The van der Waals surface area contributed by atoms with Gasteiger partial charge in [-0.05, 0) is 36.3 Å². The molecule has 0 radical (unpaired) electrons. The zero-order valence-corrected chi connectivity index (χ0v) is 11.7. The van der Waals surface area contributed by atoms with E-state index in [1.165, 1.54) is 16.9 Å². The van der Waals surface area contributed by atoms with E-state index in [0.29, 0.717) is 5.92 Å². The molecule has 2 unspecified atom stereocenters. The minimum atomic E-state index is 0.200. The Hall–Kier alpha value is -0.550. The van der Waals surface area contributed by atoms with E-state index in [9.17, 15) is 0 Å². The molecule has 0 aliphatic carbocycles. The van der Waals surface area contributed by atoms with Crippen LogP contribution >= 0.6 is 11.8 Å². The zero-order valence-electron chi connectivity index (χ0n) is 10.9. The van der Waals surface area contributed by atoms with Crippen LogP contribution in [0.15, 0.2) is 29.2 Å². The summed E-state index contributed by atoms with van der Waals surface area (Å²) in [5.74, 6) is 7.31. The number of nitrogens with one attached hydrogen (secondary N) is 1. The van der Waals surface area contributed by atoms with Gasteiger partial charge in [-0.25, -0.2) is 0 Å². The Labute approximate surface area is 113 Å². The molecule has 4 heteroatoms. The monoisotopic (exact) mass is 266 g/mol. The van der Waals surface area contributed by atoms with E-state index in [4.69, 9.17) is 10.6 Å². The molecule has 18 heavy (non-hydrogen) atoms. The van der Waals surface area contributed by atoms with Crippen molar-refractivity contribution in [3.05, 3.63) is 29.8 Å². The van der Waals surface area contributed by atoms with E-state index in [1.54, 1.807) is 0 Å². The van der Waals surface area contributed by atoms with Gasteiger partial charge in [0.15, 0.2) is 0 Å². The molecule has 1 aromatic carbocycles. The fourth-order valence-electron chi connectivity index (χ4n) is 2.47. The molecule has 1 aromatic rings. The van der Waals surface area contributed by atoms with Crippen LogP contribution in [0.25, 0.3) is 0 Å². The molecule has 1 fully saturated rings. The van der Waals surface area contributed by atoms with Gasteiger partial charge in [-0.2, -0.15) is 0 Å². The predicted molar refractivity (Wildman–Crippen MR) is 76.4 cm³/mol. The number of hydrogen-bond donors (Lipinski definition) is 2. The SMILES string of the molecule is CCSc1ccc(C(NN)C2CCCOC2)cc1. The van der Waals surface area contributed by atoms with E-state index < -0.39 is 0 Å². The third-order valence-corrected chi connectivity index (χ3v) is 4.29. The van der Waals surface area contributed by atoms with Gasteiger partial charge in [0, 0.05) is 17.4 Å². The second-order valence-corrected chi connectivity index (χ2v) is 5.96. The lowest BCUT2D eigenvalue weighted by Crippen LogP contribution is -2.37. The van der Waals surface area contributed by atoms with Crippen LogP contribution in [0.1, 0.15) is 31.4 Å².